The standard InChI is InChI=1S/C13H13F2NO5/c1-6-3-4-7(14)10(11(6)15)12(18)16-8(13(19)20)5-9(17)21-2/h3-4,8H,5H2,1-2H3,(H,16,18)(H,19,20)/t8-/m0/s1. The summed E-state index contributed by atoms with van der Waals surface area (Å²) in [6.45, 7) is 1.33. The molecule has 0 aliphatic carbocycles. The van der Waals surface area contributed by atoms with E-state index in [1.165, 1.54) is 6.92 Å². The summed E-state index contributed by atoms with van der Waals surface area (Å²) in [5.41, 5.74) is -0.868. The lowest BCUT2D eigenvalue weighted by Gasteiger charge is -2.14. The summed E-state index contributed by atoms with van der Waals surface area (Å²) in [6, 6.07) is 0.387. The molecule has 0 aliphatic heterocycles. The van der Waals surface area contributed by atoms with Gasteiger partial charge >= 0.3 is 11.9 Å². The number of esters is 1. The van der Waals surface area contributed by atoms with Gasteiger partial charge in [0.2, 0.25) is 0 Å². The Morgan fingerprint density at radius 2 is 1.95 bits per heavy atom. The van der Waals surface area contributed by atoms with E-state index in [0.717, 1.165) is 19.2 Å². The van der Waals surface area contributed by atoms with Crippen LogP contribution >= 0.6 is 0 Å². The monoisotopic (exact) mass is 301 g/mol. The molecule has 0 fully saturated rings. The molecule has 0 saturated heterocycles. The fourth-order valence-corrected chi connectivity index (χ4v) is 1.55. The molecule has 1 aromatic rings. The molecular formula is C13H13F2NO5. The van der Waals surface area contributed by atoms with Crippen molar-refractivity contribution >= 4 is 17.8 Å². The lowest BCUT2D eigenvalue weighted by Crippen LogP contribution is -2.43. The molecule has 0 heterocycles. The number of benzene rings is 1. The van der Waals surface area contributed by atoms with Crippen LogP contribution in [0.25, 0.3) is 0 Å². The Labute approximate surface area is 118 Å². The quantitative estimate of drug-likeness (QED) is 0.792. The first-order chi connectivity index (χ1) is 9.77. The number of rotatable bonds is 5. The Hall–Kier alpha value is -2.51. The molecule has 0 spiro atoms. The van der Waals surface area contributed by atoms with Crippen molar-refractivity contribution in [3.8, 4) is 0 Å². The Bertz CT molecular complexity index is 588. The van der Waals surface area contributed by atoms with Gasteiger partial charge in [-0.1, -0.05) is 6.07 Å². The molecule has 0 radical (unpaired) electrons. The summed E-state index contributed by atoms with van der Waals surface area (Å²) < 4.78 is 31.6. The van der Waals surface area contributed by atoms with E-state index in [1.54, 1.807) is 0 Å². The summed E-state index contributed by atoms with van der Waals surface area (Å²) in [5, 5.41) is 10.8. The van der Waals surface area contributed by atoms with Gasteiger partial charge in [-0.2, -0.15) is 0 Å². The number of carboxylic acid groups (broad SMARTS) is 1. The summed E-state index contributed by atoms with van der Waals surface area (Å²) in [4.78, 5) is 33.8. The number of ether oxygens (including phenoxy) is 1. The predicted molar refractivity (Wildman–Crippen MR) is 66.6 cm³/mol. The third-order valence-electron chi connectivity index (χ3n) is 2.71. The molecule has 1 atom stereocenters. The third kappa shape index (κ3) is 3.98. The van der Waals surface area contributed by atoms with Crippen molar-refractivity contribution in [2.45, 2.75) is 19.4 Å². The number of carboxylic acids is 1. The average molecular weight is 301 g/mol. The van der Waals surface area contributed by atoms with Crippen LogP contribution in [0.3, 0.4) is 0 Å². The van der Waals surface area contributed by atoms with Gasteiger partial charge in [-0.15, -0.1) is 0 Å². The van der Waals surface area contributed by atoms with E-state index in [4.69, 9.17) is 5.11 Å². The van der Waals surface area contributed by atoms with Crippen LogP contribution in [0.2, 0.25) is 0 Å². The van der Waals surface area contributed by atoms with Crippen LogP contribution in [-0.4, -0.2) is 36.1 Å². The Morgan fingerprint density at radius 1 is 1.33 bits per heavy atom. The molecular weight excluding hydrogens is 288 g/mol. The number of carbonyl (C=O) groups excluding carboxylic acids is 2. The van der Waals surface area contributed by atoms with E-state index in [0.29, 0.717) is 0 Å². The summed E-state index contributed by atoms with van der Waals surface area (Å²) in [6.07, 6.45) is -0.660. The van der Waals surface area contributed by atoms with Gasteiger partial charge in [0.1, 0.15) is 23.2 Å². The van der Waals surface area contributed by atoms with Gasteiger partial charge in [-0.3, -0.25) is 9.59 Å². The van der Waals surface area contributed by atoms with Crippen molar-refractivity contribution < 1.29 is 33.0 Å². The van der Waals surface area contributed by atoms with Crippen molar-refractivity contribution in [3.05, 3.63) is 34.9 Å². The molecule has 8 heteroatoms. The zero-order chi connectivity index (χ0) is 16.2. The average Bonchev–Trinajstić information content (AvgIpc) is 2.42. The molecule has 2 N–H and O–H groups in total. The topological polar surface area (TPSA) is 92.7 Å². The van der Waals surface area contributed by atoms with E-state index in [9.17, 15) is 23.2 Å². The Morgan fingerprint density at radius 3 is 2.48 bits per heavy atom. The first kappa shape index (κ1) is 16.5. The number of hydrogen-bond donors (Lipinski definition) is 2. The normalized spacial score (nSPS) is 11.6. The smallest absolute Gasteiger partial charge is 0.326 e. The minimum absolute atomic E-state index is 0.0291. The Balaban J connectivity index is 3.00. The third-order valence-corrected chi connectivity index (χ3v) is 2.71. The number of amides is 1. The fourth-order valence-electron chi connectivity index (χ4n) is 1.55. The number of nitrogens with one attached hydrogen (secondary N) is 1. The van der Waals surface area contributed by atoms with Gasteiger partial charge in [0.15, 0.2) is 0 Å². The van der Waals surface area contributed by atoms with Crippen molar-refractivity contribution in [3.63, 3.8) is 0 Å². The van der Waals surface area contributed by atoms with Crippen LogP contribution in [0.15, 0.2) is 12.1 Å². The minimum Gasteiger partial charge on any atom is -0.480 e. The van der Waals surface area contributed by atoms with E-state index in [-0.39, 0.29) is 5.56 Å². The molecule has 1 rings (SSSR count). The van der Waals surface area contributed by atoms with E-state index in [2.05, 4.69) is 4.74 Å². The number of carbonyl (C=O) groups is 3. The van der Waals surface area contributed by atoms with Crippen LogP contribution in [-0.2, 0) is 14.3 Å². The molecule has 0 bridgehead atoms. The Kier molecular flexibility index (Phi) is 5.34. The number of aryl methyl sites for hydroxylation is 1. The lowest BCUT2D eigenvalue weighted by molar-refractivity contribution is -0.147. The maximum atomic E-state index is 13.8. The van der Waals surface area contributed by atoms with E-state index < -0.39 is 47.5 Å². The zero-order valence-electron chi connectivity index (χ0n) is 11.3. The van der Waals surface area contributed by atoms with Crippen LogP contribution in [0.4, 0.5) is 8.78 Å². The number of hydrogen-bond acceptors (Lipinski definition) is 4. The first-order valence-corrected chi connectivity index (χ1v) is 5.83. The highest BCUT2D eigenvalue weighted by atomic mass is 19.1. The number of halogens is 2. The highest BCUT2D eigenvalue weighted by Gasteiger charge is 2.27. The maximum Gasteiger partial charge on any atom is 0.326 e. The van der Waals surface area contributed by atoms with Crippen LogP contribution < -0.4 is 5.32 Å². The van der Waals surface area contributed by atoms with Gasteiger partial charge < -0.3 is 15.2 Å². The SMILES string of the molecule is COC(=O)C[C@H](NC(=O)c1c(F)ccc(C)c1F)C(=O)O. The zero-order valence-corrected chi connectivity index (χ0v) is 11.3. The molecule has 0 aromatic heterocycles. The van der Waals surface area contributed by atoms with Gasteiger partial charge in [0.25, 0.3) is 5.91 Å². The first-order valence-electron chi connectivity index (χ1n) is 5.83. The molecule has 6 nitrogen and oxygen atoms in total. The number of aliphatic carboxylic acids is 1. The van der Waals surface area contributed by atoms with E-state index in [1.807, 2.05) is 5.32 Å². The van der Waals surface area contributed by atoms with Gasteiger partial charge in [0, 0.05) is 0 Å². The molecule has 1 aromatic carbocycles. The van der Waals surface area contributed by atoms with Crippen LogP contribution in [0.5, 0.6) is 0 Å². The highest BCUT2D eigenvalue weighted by molar-refractivity contribution is 5.98. The summed E-state index contributed by atoms with van der Waals surface area (Å²) in [5.74, 6) is -5.88. The molecule has 0 unspecified atom stereocenters. The molecule has 0 saturated carbocycles. The largest absolute Gasteiger partial charge is 0.480 e. The molecule has 21 heavy (non-hydrogen) atoms. The highest BCUT2D eigenvalue weighted by Crippen LogP contribution is 2.16. The van der Waals surface area contributed by atoms with Crippen molar-refractivity contribution in [2.75, 3.05) is 7.11 Å². The number of methoxy groups -OCH3 is 1. The summed E-state index contributed by atoms with van der Waals surface area (Å²) >= 11 is 0. The van der Waals surface area contributed by atoms with Gasteiger partial charge in [-0.25, -0.2) is 13.6 Å². The van der Waals surface area contributed by atoms with Gasteiger partial charge in [-0.05, 0) is 18.6 Å². The predicted octanol–water partition coefficient (Wildman–Crippen LogP) is 1.02. The lowest BCUT2D eigenvalue weighted by atomic mass is 10.1. The van der Waals surface area contributed by atoms with E-state index >= 15 is 0 Å². The fraction of sp³-hybridized carbons (Fsp3) is 0.308. The van der Waals surface area contributed by atoms with Crippen LogP contribution in [0, 0.1) is 18.6 Å². The van der Waals surface area contributed by atoms with Crippen LogP contribution in [0.1, 0.15) is 22.3 Å². The van der Waals surface area contributed by atoms with Crippen molar-refractivity contribution in [2.24, 2.45) is 0 Å². The molecule has 114 valence electrons. The van der Waals surface area contributed by atoms with Crippen molar-refractivity contribution in [1.82, 2.24) is 5.32 Å². The second-order valence-electron chi connectivity index (χ2n) is 4.20. The maximum absolute atomic E-state index is 13.8. The second kappa shape index (κ2) is 6.78. The second-order valence-corrected chi connectivity index (χ2v) is 4.20. The van der Waals surface area contributed by atoms with Gasteiger partial charge in [0.05, 0.1) is 13.5 Å². The molecule has 0 aliphatic rings. The minimum atomic E-state index is -1.65. The summed E-state index contributed by atoms with van der Waals surface area (Å²) in [7, 11) is 1.04. The van der Waals surface area contributed by atoms with Crippen molar-refractivity contribution in [1.29, 1.82) is 0 Å². The molecule has 1 amide bonds.